The van der Waals surface area contributed by atoms with Gasteiger partial charge in [0.15, 0.2) is 0 Å². The summed E-state index contributed by atoms with van der Waals surface area (Å²) in [6.45, 7) is 0. The van der Waals surface area contributed by atoms with Crippen LogP contribution in [0.4, 0.5) is 0 Å². The van der Waals surface area contributed by atoms with Crippen molar-refractivity contribution in [2.24, 2.45) is 15.9 Å². The summed E-state index contributed by atoms with van der Waals surface area (Å²) in [6, 6.07) is 49.2. The summed E-state index contributed by atoms with van der Waals surface area (Å²) in [5.74, 6) is 0.156. The van der Waals surface area contributed by atoms with Crippen molar-refractivity contribution in [1.29, 1.82) is 0 Å². The minimum Gasteiger partial charge on any atom is -0.277 e. The standard InChI is InChI=1S/C54H40N2/c1-2-14-38(15-3-1)53-54(56-50-21-11-10-20-49(50)55-53)39-26-22-37(23-27-39)42-30-31-47-48(34-42)52(44-29-25-36-13-5-7-17-41(36)33-44)46-19-9-8-18-45(46)51(47)43-28-24-35-12-4-6-16-40(35)32-43/h1-7,10-26,28-34,39,49-50H,8-9,27H2. The van der Waals surface area contributed by atoms with Gasteiger partial charge in [-0.25, -0.2) is 0 Å². The van der Waals surface area contributed by atoms with E-state index in [0.29, 0.717) is 0 Å². The summed E-state index contributed by atoms with van der Waals surface area (Å²) in [5.41, 5.74) is 10.9. The molecule has 2 nitrogen and oxygen atoms in total. The van der Waals surface area contributed by atoms with Crippen LogP contribution in [0.5, 0.6) is 0 Å². The molecule has 1 heterocycles. The molecule has 11 rings (SSSR count). The Morgan fingerprint density at radius 2 is 1.04 bits per heavy atom. The summed E-state index contributed by atoms with van der Waals surface area (Å²) >= 11 is 0. The van der Waals surface area contributed by atoms with Gasteiger partial charge in [-0.1, -0.05) is 170 Å². The molecule has 0 aromatic heterocycles. The van der Waals surface area contributed by atoms with E-state index < -0.39 is 0 Å². The van der Waals surface area contributed by atoms with E-state index >= 15 is 0 Å². The molecule has 2 heteroatoms. The van der Waals surface area contributed by atoms with E-state index in [9.17, 15) is 0 Å². The van der Waals surface area contributed by atoms with Crippen molar-refractivity contribution in [1.82, 2.24) is 0 Å². The highest BCUT2D eigenvalue weighted by Crippen LogP contribution is 2.37. The maximum Gasteiger partial charge on any atom is 0.0950 e. The van der Waals surface area contributed by atoms with Crippen LogP contribution in [0.15, 0.2) is 186 Å². The molecule has 0 fully saturated rings. The molecule has 0 radical (unpaired) electrons. The molecule has 3 atom stereocenters. The van der Waals surface area contributed by atoms with Crippen molar-refractivity contribution in [2.45, 2.75) is 31.3 Å². The van der Waals surface area contributed by atoms with Crippen molar-refractivity contribution in [2.75, 3.05) is 0 Å². The summed E-state index contributed by atoms with van der Waals surface area (Å²) in [7, 11) is 0. The fraction of sp³-hybridized carbons (Fsp3) is 0.111. The van der Waals surface area contributed by atoms with Crippen molar-refractivity contribution < 1.29 is 0 Å². The number of nitrogens with zero attached hydrogens (tertiary/aromatic N) is 2. The van der Waals surface area contributed by atoms with E-state index in [0.717, 1.165) is 36.2 Å². The van der Waals surface area contributed by atoms with Gasteiger partial charge in [0.25, 0.3) is 0 Å². The molecule has 7 aromatic carbocycles. The van der Waals surface area contributed by atoms with Gasteiger partial charge in [0.05, 0.1) is 23.5 Å². The van der Waals surface area contributed by atoms with E-state index in [1.807, 2.05) is 0 Å². The topological polar surface area (TPSA) is 24.7 Å². The first-order valence-electron chi connectivity index (χ1n) is 20.0. The summed E-state index contributed by atoms with van der Waals surface area (Å²) < 4.78 is 0. The van der Waals surface area contributed by atoms with Crippen molar-refractivity contribution in [3.05, 3.63) is 198 Å². The van der Waals surface area contributed by atoms with Gasteiger partial charge >= 0.3 is 0 Å². The second-order valence-electron chi connectivity index (χ2n) is 15.4. The fourth-order valence-electron chi connectivity index (χ4n) is 9.29. The predicted molar refractivity (Wildman–Crippen MR) is 239 cm³/mol. The molecule has 0 saturated heterocycles. The van der Waals surface area contributed by atoms with Crippen LogP contribution in [0, 0.1) is 5.92 Å². The normalized spacial score (nSPS) is 19.8. The van der Waals surface area contributed by atoms with Gasteiger partial charge in [-0.3, -0.25) is 9.98 Å². The van der Waals surface area contributed by atoms with Crippen LogP contribution in [0.1, 0.15) is 30.4 Å². The number of hydrogen-bond donors (Lipinski definition) is 0. The average molecular weight is 717 g/mol. The second kappa shape index (κ2) is 13.6. The van der Waals surface area contributed by atoms with Crippen LogP contribution in [0.2, 0.25) is 0 Å². The summed E-state index contributed by atoms with van der Waals surface area (Å²) in [4.78, 5) is 10.6. The van der Waals surface area contributed by atoms with Crippen molar-refractivity contribution in [3.8, 4) is 22.3 Å². The van der Waals surface area contributed by atoms with Gasteiger partial charge in [-0.15, -0.1) is 0 Å². The number of aliphatic imine (C=N–C) groups is 2. The zero-order valence-corrected chi connectivity index (χ0v) is 31.1. The molecule has 0 amide bonds. The molecular weight excluding hydrogens is 677 g/mol. The molecule has 266 valence electrons. The lowest BCUT2D eigenvalue weighted by Crippen LogP contribution is -2.36. The Hall–Kier alpha value is -6.64. The van der Waals surface area contributed by atoms with E-state index in [1.165, 1.54) is 76.1 Å². The maximum absolute atomic E-state index is 5.35. The largest absolute Gasteiger partial charge is 0.277 e. The van der Waals surface area contributed by atoms with Gasteiger partial charge in [0.1, 0.15) is 0 Å². The smallest absolute Gasteiger partial charge is 0.0950 e. The van der Waals surface area contributed by atoms with E-state index in [-0.39, 0.29) is 18.0 Å². The molecular formula is C54H40N2. The Morgan fingerprint density at radius 1 is 0.446 bits per heavy atom. The molecule has 3 aliphatic carbocycles. The number of hydrogen-bond acceptors (Lipinski definition) is 2. The highest BCUT2D eigenvalue weighted by atomic mass is 15.0. The Morgan fingerprint density at radius 3 is 1.68 bits per heavy atom. The molecule has 0 spiro atoms. The molecule has 7 aromatic rings. The maximum atomic E-state index is 5.35. The third-order valence-corrected chi connectivity index (χ3v) is 12.0. The Bertz CT molecular complexity index is 3060. The van der Waals surface area contributed by atoms with Gasteiger partial charge in [-0.2, -0.15) is 0 Å². The monoisotopic (exact) mass is 716 g/mol. The highest BCUT2D eigenvalue weighted by molar-refractivity contribution is 6.49. The van der Waals surface area contributed by atoms with Gasteiger partial charge < -0.3 is 0 Å². The third-order valence-electron chi connectivity index (χ3n) is 12.0. The number of allylic oxidation sites excluding steroid dienone is 6. The Balaban J connectivity index is 1.06. The first kappa shape index (κ1) is 32.8. The lowest BCUT2D eigenvalue weighted by Gasteiger charge is -2.29. The summed E-state index contributed by atoms with van der Waals surface area (Å²) in [5, 5.41) is 10.3. The Kier molecular flexibility index (Phi) is 7.95. The summed E-state index contributed by atoms with van der Waals surface area (Å²) in [6.07, 6.45) is 23.6. The third kappa shape index (κ3) is 5.64. The van der Waals surface area contributed by atoms with Crippen LogP contribution < -0.4 is 10.4 Å². The molecule has 0 bridgehead atoms. The molecule has 1 aliphatic heterocycles. The van der Waals surface area contributed by atoms with Crippen LogP contribution >= 0.6 is 0 Å². The zero-order valence-electron chi connectivity index (χ0n) is 31.1. The molecule has 4 aliphatic rings. The van der Waals surface area contributed by atoms with E-state index in [1.54, 1.807) is 0 Å². The van der Waals surface area contributed by atoms with Crippen LogP contribution in [0.3, 0.4) is 0 Å². The van der Waals surface area contributed by atoms with Gasteiger partial charge in [-0.05, 0) is 114 Å². The van der Waals surface area contributed by atoms with Crippen molar-refractivity contribution >= 4 is 61.5 Å². The molecule has 0 saturated carbocycles. The quantitative estimate of drug-likeness (QED) is 0.169. The van der Waals surface area contributed by atoms with Crippen LogP contribution in [-0.2, 0) is 0 Å². The van der Waals surface area contributed by atoms with E-state index in [2.05, 4.69) is 188 Å². The molecule has 0 N–H and O–H groups in total. The van der Waals surface area contributed by atoms with Crippen molar-refractivity contribution in [3.63, 3.8) is 0 Å². The van der Waals surface area contributed by atoms with Gasteiger partial charge in [0, 0.05) is 11.5 Å². The lowest BCUT2D eigenvalue weighted by molar-refractivity contribution is 0.685. The first-order valence-corrected chi connectivity index (χ1v) is 20.0. The van der Waals surface area contributed by atoms with Gasteiger partial charge in [0.2, 0.25) is 0 Å². The lowest BCUT2D eigenvalue weighted by atomic mass is 9.82. The number of rotatable bonds is 5. The Labute approximate surface area is 327 Å². The second-order valence-corrected chi connectivity index (χ2v) is 15.4. The number of benzene rings is 7. The average Bonchev–Trinajstić information content (AvgIpc) is 3.27. The molecule has 56 heavy (non-hydrogen) atoms. The van der Waals surface area contributed by atoms with Crippen LogP contribution in [-0.4, -0.2) is 23.5 Å². The van der Waals surface area contributed by atoms with Crippen LogP contribution in [0.25, 0.3) is 72.3 Å². The van der Waals surface area contributed by atoms with E-state index in [4.69, 9.17) is 9.98 Å². The first-order chi connectivity index (χ1) is 27.7. The minimum absolute atomic E-state index is 0.0482. The zero-order chi connectivity index (χ0) is 37.0. The SMILES string of the molecule is C1=CC2N=C(c3ccccc3)C(C3C=CC(c4ccc5c(-c6ccc7ccccc7c6)c6c(c(-c7ccc8ccccc8c7)c5c4)=CCCC=6)=CC3)=NC2C=C1. The highest BCUT2D eigenvalue weighted by Gasteiger charge is 2.30. The minimum atomic E-state index is 0.0482. The predicted octanol–water partition coefficient (Wildman–Crippen LogP) is 11.6. The molecule has 3 unspecified atom stereocenters. The number of fused-ring (bicyclic) bond motifs is 5. The fourth-order valence-corrected chi connectivity index (χ4v) is 9.29.